The van der Waals surface area contributed by atoms with Crippen LogP contribution in [0.25, 0.3) is 0 Å². The highest BCUT2D eigenvalue weighted by Crippen LogP contribution is 2.55. The number of carbonyl (C=O) groups excluding carboxylic acids is 1. The summed E-state index contributed by atoms with van der Waals surface area (Å²) in [6, 6.07) is 0. The van der Waals surface area contributed by atoms with Gasteiger partial charge in [0.2, 0.25) is 0 Å². The molecule has 4 heteroatoms. The smallest absolute Gasteiger partial charge is 0.298 e. The number of thioether (sulfide) groups is 1. The van der Waals surface area contributed by atoms with Gasteiger partial charge in [-0.3, -0.25) is 4.79 Å². The van der Waals surface area contributed by atoms with Crippen molar-refractivity contribution in [1.29, 1.82) is 0 Å². The maximum absolute atomic E-state index is 10.5. The van der Waals surface area contributed by atoms with Crippen molar-refractivity contribution < 1.29 is 9.53 Å². The minimum atomic E-state index is 0.184. The van der Waals surface area contributed by atoms with Crippen molar-refractivity contribution in [2.75, 3.05) is 6.54 Å². The summed E-state index contributed by atoms with van der Waals surface area (Å²) in [4.78, 5) is 11.9. The fourth-order valence-corrected chi connectivity index (χ4v) is 4.40. The molecule has 0 amide bonds. The van der Waals surface area contributed by atoms with Gasteiger partial charge in [-0.25, -0.2) is 0 Å². The lowest BCUT2D eigenvalue weighted by Crippen LogP contribution is -2.28. The van der Waals surface area contributed by atoms with Crippen LogP contribution in [0.4, 0.5) is 0 Å². The zero-order chi connectivity index (χ0) is 11.9. The van der Waals surface area contributed by atoms with Crippen molar-refractivity contribution in [2.24, 2.45) is 5.41 Å². The molecular formula is C13H15NO2S. The van der Waals surface area contributed by atoms with E-state index in [1.165, 1.54) is 10.5 Å². The van der Waals surface area contributed by atoms with Gasteiger partial charge in [0.1, 0.15) is 5.76 Å². The van der Waals surface area contributed by atoms with Gasteiger partial charge in [-0.1, -0.05) is 13.0 Å². The maximum atomic E-state index is 10.5. The van der Waals surface area contributed by atoms with Crippen LogP contribution in [0.15, 0.2) is 34.5 Å². The van der Waals surface area contributed by atoms with E-state index in [0.29, 0.717) is 17.6 Å². The lowest BCUT2D eigenvalue weighted by molar-refractivity contribution is -0.124. The molecule has 1 aliphatic carbocycles. The van der Waals surface area contributed by atoms with Crippen molar-refractivity contribution in [3.8, 4) is 0 Å². The number of ether oxygens (including phenoxy) is 1. The summed E-state index contributed by atoms with van der Waals surface area (Å²) in [6.07, 6.45) is 8.07. The Morgan fingerprint density at radius 1 is 1.65 bits per heavy atom. The van der Waals surface area contributed by atoms with Crippen molar-refractivity contribution in [2.45, 2.75) is 25.1 Å². The normalized spacial score (nSPS) is 35.1. The van der Waals surface area contributed by atoms with Crippen LogP contribution in [0.2, 0.25) is 0 Å². The molecule has 3 nitrogen and oxygen atoms in total. The first-order valence-corrected chi connectivity index (χ1v) is 6.74. The molecule has 0 aromatic rings. The molecule has 90 valence electrons. The quantitative estimate of drug-likeness (QED) is 0.762. The molecule has 2 heterocycles. The van der Waals surface area contributed by atoms with Crippen LogP contribution in [0.1, 0.15) is 19.8 Å². The molecule has 3 aliphatic rings. The van der Waals surface area contributed by atoms with E-state index in [1.807, 2.05) is 23.9 Å². The van der Waals surface area contributed by atoms with Crippen LogP contribution in [-0.2, 0) is 9.53 Å². The second kappa shape index (κ2) is 4.03. The third kappa shape index (κ3) is 1.67. The van der Waals surface area contributed by atoms with Crippen LogP contribution in [0, 0.1) is 5.41 Å². The van der Waals surface area contributed by atoms with Gasteiger partial charge >= 0.3 is 0 Å². The Kier molecular flexibility index (Phi) is 2.64. The molecular weight excluding hydrogens is 234 g/mol. The van der Waals surface area contributed by atoms with Gasteiger partial charge < -0.3 is 10.1 Å². The van der Waals surface area contributed by atoms with Crippen LogP contribution < -0.4 is 5.32 Å². The Balaban J connectivity index is 2.00. The van der Waals surface area contributed by atoms with Crippen LogP contribution in [-0.4, -0.2) is 18.4 Å². The summed E-state index contributed by atoms with van der Waals surface area (Å²) in [6.45, 7) is 3.86. The molecule has 2 unspecified atom stereocenters. The van der Waals surface area contributed by atoms with Crippen molar-refractivity contribution in [1.82, 2.24) is 5.32 Å². The number of rotatable bonds is 2. The fraction of sp³-hybridized carbons (Fsp3) is 0.462. The van der Waals surface area contributed by atoms with E-state index < -0.39 is 0 Å². The third-order valence-electron chi connectivity index (χ3n) is 3.78. The Morgan fingerprint density at radius 3 is 3.35 bits per heavy atom. The first-order valence-electron chi connectivity index (χ1n) is 5.86. The van der Waals surface area contributed by atoms with E-state index in [1.54, 1.807) is 0 Å². The highest BCUT2D eigenvalue weighted by atomic mass is 32.2. The molecule has 2 aliphatic heterocycles. The zero-order valence-corrected chi connectivity index (χ0v) is 10.5. The van der Waals surface area contributed by atoms with Gasteiger partial charge in [0.05, 0.1) is 5.37 Å². The van der Waals surface area contributed by atoms with Gasteiger partial charge in [-0.15, -0.1) is 11.8 Å². The summed E-state index contributed by atoms with van der Waals surface area (Å²) in [7, 11) is 0. The average Bonchev–Trinajstić information content (AvgIpc) is 2.68. The molecule has 2 atom stereocenters. The van der Waals surface area contributed by atoms with Gasteiger partial charge in [0.15, 0.2) is 0 Å². The first-order chi connectivity index (χ1) is 8.24. The van der Waals surface area contributed by atoms with Gasteiger partial charge in [-0.2, -0.15) is 0 Å². The van der Waals surface area contributed by atoms with Gasteiger partial charge in [-0.05, 0) is 42.0 Å². The van der Waals surface area contributed by atoms with E-state index in [4.69, 9.17) is 4.74 Å². The summed E-state index contributed by atoms with van der Waals surface area (Å²) < 4.78 is 4.99. The summed E-state index contributed by atoms with van der Waals surface area (Å²) in [5.41, 5.74) is 1.53. The van der Waals surface area contributed by atoms with Crippen molar-refractivity contribution in [3.05, 3.63) is 34.5 Å². The molecule has 0 spiro atoms. The number of nitrogens with one attached hydrogen (secondary N) is 1. The Bertz CT molecular complexity index is 452. The molecule has 17 heavy (non-hydrogen) atoms. The number of hydrogen-bond donors (Lipinski definition) is 1. The van der Waals surface area contributed by atoms with Crippen LogP contribution in [0.3, 0.4) is 0 Å². The van der Waals surface area contributed by atoms with E-state index in [0.717, 1.165) is 19.4 Å². The standard InChI is InChI=1S/C13H15NO2S/c1-13-5-6-14-12(13)17-11-4-2-3-9(16-8-15)7-10(11)13/h2-3,7-8,12,14H,4-6H2,1H3. The maximum Gasteiger partial charge on any atom is 0.298 e. The molecule has 0 aromatic heterocycles. The second-order valence-corrected chi connectivity index (χ2v) is 6.02. The Morgan fingerprint density at radius 2 is 2.53 bits per heavy atom. The minimum Gasteiger partial charge on any atom is -0.429 e. The highest BCUT2D eigenvalue weighted by Gasteiger charge is 2.47. The molecule has 0 saturated carbocycles. The lowest BCUT2D eigenvalue weighted by atomic mass is 9.80. The van der Waals surface area contributed by atoms with E-state index in [2.05, 4.69) is 18.3 Å². The van der Waals surface area contributed by atoms with Crippen LogP contribution >= 0.6 is 11.8 Å². The topological polar surface area (TPSA) is 38.3 Å². The minimum absolute atomic E-state index is 0.184. The molecule has 0 radical (unpaired) electrons. The molecule has 0 aromatic carbocycles. The average molecular weight is 249 g/mol. The van der Waals surface area contributed by atoms with E-state index in [9.17, 15) is 4.79 Å². The SMILES string of the molecule is CC12CCNC1SC1=C2C=C(OC=O)C=CC1. The van der Waals surface area contributed by atoms with Crippen molar-refractivity contribution in [3.63, 3.8) is 0 Å². The molecule has 0 bridgehead atoms. The number of carbonyl (C=O) groups is 1. The van der Waals surface area contributed by atoms with E-state index >= 15 is 0 Å². The highest BCUT2D eigenvalue weighted by molar-refractivity contribution is 8.04. The van der Waals surface area contributed by atoms with Gasteiger partial charge in [0, 0.05) is 5.41 Å². The van der Waals surface area contributed by atoms with E-state index in [-0.39, 0.29) is 5.41 Å². The lowest BCUT2D eigenvalue weighted by Gasteiger charge is -2.25. The first kappa shape index (κ1) is 11.1. The summed E-state index contributed by atoms with van der Waals surface area (Å²) >= 11 is 1.93. The molecule has 1 N–H and O–H groups in total. The number of allylic oxidation sites excluding steroid dienone is 4. The predicted molar refractivity (Wildman–Crippen MR) is 68.1 cm³/mol. The third-order valence-corrected chi connectivity index (χ3v) is 5.38. The predicted octanol–water partition coefficient (Wildman–Crippen LogP) is 2.33. The number of fused-ring (bicyclic) bond motifs is 2. The zero-order valence-electron chi connectivity index (χ0n) is 9.73. The summed E-state index contributed by atoms with van der Waals surface area (Å²) in [5, 5.41) is 4.02. The molecule has 3 rings (SSSR count). The Hall–Kier alpha value is -1.00. The Labute approximate surface area is 105 Å². The summed E-state index contributed by atoms with van der Waals surface area (Å²) in [5.74, 6) is 0.652. The van der Waals surface area contributed by atoms with Gasteiger partial charge in [0.25, 0.3) is 6.47 Å². The number of hydrogen-bond acceptors (Lipinski definition) is 4. The molecule has 1 fully saturated rings. The van der Waals surface area contributed by atoms with Crippen molar-refractivity contribution >= 4 is 18.2 Å². The largest absolute Gasteiger partial charge is 0.429 e. The fourth-order valence-electron chi connectivity index (χ4n) is 2.80. The second-order valence-electron chi connectivity index (χ2n) is 4.82. The molecule has 1 saturated heterocycles. The monoisotopic (exact) mass is 249 g/mol. The van der Waals surface area contributed by atoms with Crippen LogP contribution in [0.5, 0.6) is 0 Å².